The van der Waals surface area contributed by atoms with E-state index in [0.29, 0.717) is 19.1 Å². The second-order valence-electron chi connectivity index (χ2n) is 4.22. The zero-order valence-corrected chi connectivity index (χ0v) is 9.43. The molecule has 0 radical (unpaired) electrons. The molecule has 1 aliphatic rings. The van der Waals surface area contributed by atoms with Gasteiger partial charge in [0, 0.05) is 6.04 Å². The molecule has 0 aromatic rings. The van der Waals surface area contributed by atoms with Crippen LogP contribution in [-0.2, 0) is 4.79 Å². The molecular weight excluding hydrogens is 190 g/mol. The maximum atomic E-state index is 11.5. The normalized spacial score (nSPS) is 17.7. The summed E-state index contributed by atoms with van der Waals surface area (Å²) in [6.07, 6.45) is 7.05. The van der Waals surface area contributed by atoms with Crippen molar-refractivity contribution < 1.29 is 4.79 Å². The third-order valence-corrected chi connectivity index (χ3v) is 2.81. The quantitative estimate of drug-likeness (QED) is 0.559. The van der Waals surface area contributed by atoms with Crippen molar-refractivity contribution >= 4 is 5.91 Å². The van der Waals surface area contributed by atoms with Crippen LogP contribution in [0, 0.1) is 0 Å². The molecule has 1 fully saturated rings. The van der Waals surface area contributed by atoms with Crippen LogP contribution in [0.2, 0.25) is 0 Å². The van der Waals surface area contributed by atoms with E-state index >= 15 is 0 Å². The molecule has 0 unspecified atom stereocenters. The first kappa shape index (κ1) is 12.5. The Labute approximate surface area is 92.0 Å². The number of carbonyl (C=O) groups is 1. The lowest BCUT2D eigenvalue weighted by molar-refractivity contribution is -0.121. The molecule has 88 valence electrons. The van der Waals surface area contributed by atoms with Gasteiger partial charge in [-0.2, -0.15) is 0 Å². The minimum atomic E-state index is 0.124. The molecule has 0 heterocycles. The van der Waals surface area contributed by atoms with E-state index in [1.165, 1.54) is 19.3 Å². The molecule has 1 rings (SSSR count). The van der Waals surface area contributed by atoms with E-state index in [2.05, 4.69) is 10.6 Å². The van der Waals surface area contributed by atoms with Gasteiger partial charge in [0.1, 0.15) is 0 Å². The summed E-state index contributed by atoms with van der Waals surface area (Å²) in [6.45, 7) is 1.93. The highest BCUT2D eigenvalue weighted by Crippen LogP contribution is 2.16. The summed E-state index contributed by atoms with van der Waals surface area (Å²) < 4.78 is 0. The Kier molecular flexibility index (Phi) is 6.36. The Hall–Kier alpha value is -0.610. The lowest BCUT2D eigenvalue weighted by Gasteiger charge is -2.22. The average Bonchev–Trinajstić information content (AvgIpc) is 2.26. The van der Waals surface area contributed by atoms with Gasteiger partial charge in [0.25, 0.3) is 0 Å². The van der Waals surface area contributed by atoms with Gasteiger partial charge >= 0.3 is 0 Å². The summed E-state index contributed by atoms with van der Waals surface area (Å²) in [5.41, 5.74) is 5.35. The lowest BCUT2D eigenvalue weighted by Crippen LogP contribution is -2.41. The van der Waals surface area contributed by atoms with Crippen molar-refractivity contribution in [3.8, 4) is 0 Å². The van der Waals surface area contributed by atoms with Gasteiger partial charge in [-0.1, -0.05) is 19.3 Å². The summed E-state index contributed by atoms with van der Waals surface area (Å²) >= 11 is 0. The Morgan fingerprint density at radius 1 is 1.27 bits per heavy atom. The van der Waals surface area contributed by atoms with Crippen molar-refractivity contribution in [1.29, 1.82) is 0 Å². The molecular formula is C11H23N3O. The molecule has 0 aromatic carbocycles. The molecule has 15 heavy (non-hydrogen) atoms. The second kappa shape index (κ2) is 7.65. The first-order valence-electron chi connectivity index (χ1n) is 6.03. The van der Waals surface area contributed by atoms with Crippen LogP contribution in [0.15, 0.2) is 0 Å². The molecule has 4 heteroatoms. The maximum absolute atomic E-state index is 11.5. The number of nitrogens with one attached hydrogen (secondary N) is 2. The van der Waals surface area contributed by atoms with Crippen molar-refractivity contribution in [1.82, 2.24) is 10.6 Å². The number of hydrogen-bond acceptors (Lipinski definition) is 3. The summed E-state index contributed by atoms with van der Waals surface area (Å²) in [7, 11) is 0. The largest absolute Gasteiger partial charge is 0.352 e. The van der Waals surface area contributed by atoms with Gasteiger partial charge < -0.3 is 16.4 Å². The average molecular weight is 213 g/mol. The fraction of sp³-hybridized carbons (Fsp3) is 0.909. The van der Waals surface area contributed by atoms with Crippen LogP contribution >= 0.6 is 0 Å². The number of carbonyl (C=O) groups excluding carboxylic acids is 1. The Bertz CT molecular complexity index is 179. The lowest BCUT2D eigenvalue weighted by atomic mass is 9.95. The minimum absolute atomic E-state index is 0.124. The molecule has 1 aliphatic carbocycles. The Morgan fingerprint density at radius 3 is 2.67 bits per heavy atom. The van der Waals surface area contributed by atoms with E-state index in [1.54, 1.807) is 0 Å². The zero-order valence-electron chi connectivity index (χ0n) is 9.43. The topological polar surface area (TPSA) is 67.1 Å². The maximum Gasteiger partial charge on any atom is 0.234 e. The van der Waals surface area contributed by atoms with E-state index in [-0.39, 0.29) is 5.91 Å². The summed E-state index contributed by atoms with van der Waals surface area (Å²) in [6, 6.07) is 0.419. The van der Waals surface area contributed by atoms with Crippen LogP contribution in [-0.4, -0.2) is 31.6 Å². The van der Waals surface area contributed by atoms with Gasteiger partial charge in [-0.05, 0) is 32.4 Å². The highest BCUT2D eigenvalue weighted by atomic mass is 16.1. The van der Waals surface area contributed by atoms with Crippen LogP contribution in [0.25, 0.3) is 0 Å². The van der Waals surface area contributed by atoms with Gasteiger partial charge in [-0.25, -0.2) is 0 Å². The van der Waals surface area contributed by atoms with Crippen molar-refractivity contribution in [3.05, 3.63) is 0 Å². The van der Waals surface area contributed by atoms with Crippen LogP contribution in [0.4, 0.5) is 0 Å². The Balaban J connectivity index is 2.01. The van der Waals surface area contributed by atoms with E-state index in [1.807, 2.05) is 0 Å². The fourth-order valence-electron chi connectivity index (χ4n) is 1.95. The molecule has 1 amide bonds. The molecule has 0 aromatic heterocycles. The fourth-order valence-corrected chi connectivity index (χ4v) is 1.95. The predicted octanol–water partition coefficient (Wildman–Crippen LogP) is 0.374. The van der Waals surface area contributed by atoms with Gasteiger partial charge in [0.15, 0.2) is 0 Å². The molecule has 0 saturated heterocycles. The van der Waals surface area contributed by atoms with Crippen LogP contribution < -0.4 is 16.4 Å². The summed E-state index contributed by atoms with van der Waals surface area (Å²) in [5.74, 6) is 0.124. The molecule has 0 bridgehead atoms. The van der Waals surface area contributed by atoms with Gasteiger partial charge in [0.2, 0.25) is 5.91 Å². The smallest absolute Gasteiger partial charge is 0.234 e. The first-order valence-corrected chi connectivity index (χ1v) is 6.03. The van der Waals surface area contributed by atoms with Crippen molar-refractivity contribution in [2.24, 2.45) is 5.73 Å². The van der Waals surface area contributed by atoms with Crippen LogP contribution in [0.5, 0.6) is 0 Å². The summed E-state index contributed by atoms with van der Waals surface area (Å²) in [4.78, 5) is 11.5. The van der Waals surface area contributed by atoms with Crippen LogP contribution in [0.3, 0.4) is 0 Å². The highest BCUT2D eigenvalue weighted by Gasteiger charge is 2.14. The molecule has 0 atom stereocenters. The summed E-state index contributed by atoms with van der Waals surface area (Å²) in [5, 5.41) is 6.15. The molecule has 4 N–H and O–H groups in total. The third kappa shape index (κ3) is 5.74. The number of nitrogens with two attached hydrogens (primary N) is 1. The predicted molar refractivity (Wildman–Crippen MR) is 61.6 cm³/mol. The first-order chi connectivity index (χ1) is 7.33. The minimum Gasteiger partial charge on any atom is -0.352 e. The van der Waals surface area contributed by atoms with Crippen molar-refractivity contribution in [2.45, 2.75) is 44.6 Å². The van der Waals surface area contributed by atoms with Gasteiger partial charge in [-0.15, -0.1) is 0 Å². The zero-order chi connectivity index (χ0) is 10.9. The van der Waals surface area contributed by atoms with Crippen molar-refractivity contribution in [3.63, 3.8) is 0 Å². The van der Waals surface area contributed by atoms with Gasteiger partial charge in [-0.3, -0.25) is 4.79 Å². The van der Waals surface area contributed by atoms with E-state index in [4.69, 9.17) is 5.73 Å². The monoisotopic (exact) mass is 213 g/mol. The molecule has 1 saturated carbocycles. The molecule has 0 spiro atoms. The Morgan fingerprint density at radius 2 is 2.00 bits per heavy atom. The molecule has 4 nitrogen and oxygen atoms in total. The second-order valence-corrected chi connectivity index (χ2v) is 4.22. The van der Waals surface area contributed by atoms with E-state index in [0.717, 1.165) is 25.8 Å². The number of hydrogen-bond donors (Lipinski definition) is 3. The van der Waals surface area contributed by atoms with E-state index < -0.39 is 0 Å². The SMILES string of the molecule is NCCCNCC(=O)NC1CCCCC1. The number of rotatable bonds is 6. The van der Waals surface area contributed by atoms with Gasteiger partial charge in [0.05, 0.1) is 6.54 Å². The van der Waals surface area contributed by atoms with Crippen LogP contribution in [0.1, 0.15) is 38.5 Å². The highest BCUT2D eigenvalue weighted by molar-refractivity contribution is 5.78. The third-order valence-electron chi connectivity index (χ3n) is 2.81. The van der Waals surface area contributed by atoms with Crippen molar-refractivity contribution in [2.75, 3.05) is 19.6 Å². The standard InChI is InChI=1S/C11H23N3O/c12-7-4-8-13-9-11(15)14-10-5-2-1-3-6-10/h10,13H,1-9,12H2,(H,14,15). The molecule has 0 aliphatic heterocycles. The number of amides is 1. The van der Waals surface area contributed by atoms with E-state index in [9.17, 15) is 4.79 Å².